The Hall–Kier alpha value is -2.59. The number of hydrogen-bond acceptors (Lipinski definition) is 6. The summed E-state index contributed by atoms with van der Waals surface area (Å²) >= 11 is 0. The summed E-state index contributed by atoms with van der Waals surface area (Å²) in [7, 11) is -3.71. The van der Waals surface area contributed by atoms with E-state index in [1.165, 1.54) is 31.2 Å². The van der Waals surface area contributed by atoms with Crippen molar-refractivity contribution in [3.63, 3.8) is 0 Å². The average Bonchev–Trinajstić information content (AvgIpc) is 3.36. The highest BCUT2D eigenvalue weighted by molar-refractivity contribution is 7.89. The van der Waals surface area contributed by atoms with Crippen molar-refractivity contribution < 1.29 is 22.7 Å². The number of nitrogens with zero attached hydrogens (tertiary/aromatic N) is 2. The number of nitrogens with one attached hydrogen (secondary N) is 1. The second kappa shape index (κ2) is 10.8. The van der Waals surface area contributed by atoms with Crippen LogP contribution in [-0.4, -0.2) is 75.3 Å². The first kappa shape index (κ1) is 24.5. The number of ether oxygens (including phenoxy) is 1. The van der Waals surface area contributed by atoms with Crippen LogP contribution >= 0.6 is 0 Å². The van der Waals surface area contributed by atoms with E-state index < -0.39 is 10.0 Å². The third-order valence-corrected chi connectivity index (χ3v) is 7.80. The number of Topliss-reactive ketones (excluding diaryl/α,β-unsaturated/α-hetero) is 1. The SMILES string of the molecule is CC(=O)c1ccc(S(=O)(=O)NCc2ccc(C(=O)N3CCN(CC4CCCO4)CC3)cc2)cc1. The lowest BCUT2D eigenvalue weighted by molar-refractivity contribution is 0.0432. The van der Waals surface area contributed by atoms with Gasteiger partial charge in [0.1, 0.15) is 0 Å². The van der Waals surface area contributed by atoms with Crippen molar-refractivity contribution in [1.82, 2.24) is 14.5 Å². The minimum atomic E-state index is -3.71. The highest BCUT2D eigenvalue weighted by Crippen LogP contribution is 2.16. The quantitative estimate of drug-likeness (QED) is 0.577. The van der Waals surface area contributed by atoms with E-state index in [0.717, 1.165) is 44.6 Å². The fraction of sp³-hybridized carbons (Fsp3) is 0.440. The van der Waals surface area contributed by atoms with Gasteiger partial charge in [-0.3, -0.25) is 14.5 Å². The molecule has 9 heteroatoms. The maximum Gasteiger partial charge on any atom is 0.253 e. The summed E-state index contributed by atoms with van der Waals surface area (Å²) in [6.07, 6.45) is 2.58. The van der Waals surface area contributed by atoms with Crippen LogP contribution in [0, 0.1) is 0 Å². The molecule has 2 saturated heterocycles. The fourth-order valence-corrected chi connectivity index (χ4v) is 5.31. The van der Waals surface area contributed by atoms with Gasteiger partial charge >= 0.3 is 0 Å². The maximum atomic E-state index is 12.9. The van der Waals surface area contributed by atoms with Gasteiger partial charge in [0, 0.05) is 57.0 Å². The zero-order chi connectivity index (χ0) is 24.1. The number of sulfonamides is 1. The number of benzene rings is 2. The molecule has 8 nitrogen and oxygen atoms in total. The van der Waals surface area contributed by atoms with Crippen molar-refractivity contribution in [1.29, 1.82) is 0 Å². The van der Waals surface area contributed by atoms with Crippen molar-refractivity contribution in [2.75, 3.05) is 39.3 Å². The van der Waals surface area contributed by atoms with Crippen LogP contribution < -0.4 is 4.72 Å². The summed E-state index contributed by atoms with van der Waals surface area (Å²) in [4.78, 5) is 28.6. The number of hydrogen-bond donors (Lipinski definition) is 1. The molecular formula is C25H31N3O5S. The molecule has 2 aromatic rings. The van der Waals surface area contributed by atoms with Gasteiger partial charge in [0.2, 0.25) is 10.0 Å². The van der Waals surface area contributed by atoms with E-state index in [2.05, 4.69) is 9.62 Å². The normalized spacial score (nSPS) is 19.3. The Morgan fingerprint density at radius 3 is 2.21 bits per heavy atom. The third kappa shape index (κ3) is 6.09. The van der Waals surface area contributed by atoms with Gasteiger partial charge in [0.25, 0.3) is 5.91 Å². The van der Waals surface area contributed by atoms with Crippen LogP contribution in [0.15, 0.2) is 53.4 Å². The Labute approximate surface area is 200 Å². The Balaban J connectivity index is 1.28. The second-order valence-electron chi connectivity index (χ2n) is 8.83. The van der Waals surface area contributed by atoms with Crippen molar-refractivity contribution in [2.24, 2.45) is 0 Å². The number of carbonyl (C=O) groups is 2. The zero-order valence-electron chi connectivity index (χ0n) is 19.4. The average molecular weight is 486 g/mol. The molecule has 4 rings (SSSR count). The predicted molar refractivity (Wildman–Crippen MR) is 128 cm³/mol. The molecule has 0 bridgehead atoms. The number of ketones is 1. The van der Waals surface area contributed by atoms with Crippen LogP contribution in [-0.2, 0) is 21.3 Å². The highest BCUT2D eigenvalue weighted by atomic mass is 32.2. The summed E-state index contributed by atoms with van der Waals surface area (Å²) in [6.45, 7) is 6.40. The van der Waals surface area contributed by atoms with Crippen LogP contribution in [0.4, 0.5) is 0 Å². The Morgan fingerprint density at radius 2 is 1.62 bits per heavy atom. The van der Waals surface area contributed by atoms with Crippen LogP contribution in [0.5, 0.6) is 0 Å². The minimum Gasteiger partial charge on any atom is -0.377 e. The van der Waals surface area contributed by atoms with Gasteiger partial charge < -0.3 is 9.64 Å². The molecule has 34 heavy (non-hydrogen) atoms. The monoisotopic (exact) mass is 485 g/mol. The van der Waals surface area contributed by atoms with E-state index in [4.69, 9.17) is 4.74 Å². The van der Waals surface area contributed by atoms with E-state index in [0.29, 0.717) is 30.3 Å². The van der Waals surface area contributed by atoms with Crippen LogP contribution in [0.2, 0.25) is 0 Å². The Kier molecular flexibility index (Phi) is 7.77. The number of amides is 1. The van der Waals surface area contributed by atoms with Gasteiger partial charge in [0.15, 0.2) is 5.78 Å². The first-order valence-electron chi connectivity index (χ1n) is 11.6. The molecule has 1 amide bonds. The Bertz CT molecular complexity index is 1100. The van der Waals surface area contributed by atoms with Crippen molar-refractivity contribution in [3.05, 3.63) is 65.2 Å². The van der Waals surface area contributed by atoms with Gasteiger partial charge in [0.05, 0.1) is 11.0 Å². The topological polar surface area (TPSA) is 96.0 Å². The van der Waals surface area contributed by atoms with E-state index >= 15 is 0 Å². The van der Waals surface area contributed by atoms with Gasteiger partial charge in [-0.05, 0) is 49.6 Å². The molecular weight excluding hydrogens is 454 g/mol. The number of piperazine rings is 1. The molecule has 2 fully saturated rings. The molecule has 2 aliphatic heterocycles. The van der Waals surface area contributed by atoms with Crippen molar-refractivity contribution >= 4 is 21.7 Å². The molecule has 0 spiro atoms. The lowest BCUT2D eigenvalue weighted by Gasteiger charge is -2.35. The summed E-state index contributed by atoms with van der Waals surface area (Å²) in [5.74, 6) is -0.124. The molecule has 1 unspecified atom stereocenters. The first-order valence-corrected chi connectivity index (χ1v) is 13.1. The van der Waals surface area contributed by atoms with Crippen LogP contribution in [0.25, 0.3) is 0 Å². The number of carbonyl (C=O) groups excluding carboxylic acids is 2. The molecule has 0 aromatic heterocycles. The molecule has 0 radical (unpaired) electrons. The molecule has 2 aliphatic rings. The molecule has 1 atom stereocenters. The molecule has 182 valence electrons. The summed E-state index contributed by atoms with van der Waals surface area (Å²) < 4.78 is 33.3. The van der Waals surface area contributed by atoms with E-state index in [-0.39, 0.29) is 23.1 Å². The summed E-state index contributed by atoms with van der Waals surface area (Å²) in [5, 5.41) is 0. The molecule has 1 N–H and O–H groups in total. The number of rotatable bonds is 8. The molecule has 0 aliphatic carbocycles. The van der Waals surface area contributed by atoms with Gasteiger partial charge in [-0.2, -0.15) is 0 Å². The summed E-state index contributed by atoms with van der Waals surface area (Å²) in [6, 6.07) is 12.9. The van der Waals surface area contributed by atoms with E-state index in [1.807, 2.05) is 4.90 Å². The largest absolute Gasteiger partial charge is 0.377 e. The maximum absolute atomic E-state index is 12.9. The van der Waals surface area contributed by atoms with Crippen molar-refractivity contribution in [2.45, 2.75) is 37.3 Å². The van der Waals surface area contributed by atoms with Gasteiger partial charge in [-0.15, -0.1) is 0 Å². The fourth-order valence-electron chi connectivity index (χ4n) is 4.29. The lowest BCUT2D eigenvalue weighted by Crippen LogP contribution is -2.50. The zero-order valence-corrected chi connectivity index (χ0v) is 20.2. The molecule has 0 saturated carbocycles. The van der Waals surface area contributed by atoms with E-state index in [1.54, 1.807) is 24.3 Å². The first-order chi connectivity index (χ1) is 16.3. The van der Waals surface area contributed by atoms with Gasteiger partial charge in [-0.1, -0.05) is 24.3 Å². The van der Waals surface area contributed by atoms with Gasteiger partial charge in [-0.25, -0.2) is 13.1 Å². The van der Waals surface area contributed by atoms with Crippen LogP contribution in [0.3, 0.4) is 0 Å². The second-order valence-corrected chi connectivity index (χ2v) is 10.6. The lowest BCUT2D eigenvalue weighted by atomic mass is 10.1. The standard InChI is InChI=1S/C25H31N3O5S/c1-19(29)21-8-10-24(11-9-21)34(31,32)26-17-20-4-6-22(7-5-20)25(30)28-14-12-27(13-15-28)18-23-3-2-16-33-23/h4-11,23,26H,2-3,12-18H2,1H3. The smallest absolute Gasteiger partial charge is 0.253 e. The van der Waals surface area contributed by atoms with E-state index in [9.17, 15) is 18.0 Å². The Morgan fingerprint density at radius 1 is 0.971 bits per heavy atom. The van der Waals surface area contributed by atoms with Crippen molar-refractivity contribution in [3.8, 4) is 0 Å². The summed E-state index contributed by atoms with van der Waals surface area (Å²) in [5.41, 5.74) is 1.81. The van der Waals surface area contributed by atoms with Crippen LogP contribution in [0.1, 0.15) is 46.0 Å². The molecule has 2 aromatic carbocycles. The predicted octanol–water partition coefficient (Wildman–Crippen LogP) is 2.30. The minimum absolute atomic E-state index is 0.00513. The third-order valence-electron chi connectivity index (χ3n) is 6.38. The molecule has 2 heterocycles. The highest BCUT2D eigenvalue weighted by Gasteiger charge is 2.25.